The van der Waals surface area contributed by atoms with Crippen molar-refractivity contribution in [3.63, 3.8) is 0 Å². The van der Waals surface area contributed by atoms with Crippen LogP contribution in [0.1, 0.15) is 58.3 Å². The van der Waals surface area contributed by atoms with Gasteiger partial charge in [0.2, 0.25) is 11.8 Å². The van der Waals surface area contributed by atoms with Crippen molar-refractivity contribution >= 4 is 17.8 Å². The number of nitrogens with zero attached hydrogens (tertiary/aromatic N) is 5. The van der Waals surface area contributed by atoms with Crippen LogP contribution in [0.3, 0.4) is 0 Å². The van der Waals surface area contributed by atoms with Gasteiger partial charge in [0, 0.05) is 57.9 Å². The van der Waals surface area contributed by atoms with E-state index in [1.165, 1.54) is 16.8 Å². The van der Waals surface area contributed by atoms with E-state index in [4.69, 9.17) is 4.74 Å². The number of hydrogen-bond acceptors (Lipinski definition) is 7. The molecule has 1 saturated heterocycles. The second kappa shape index (κ2) is 14.3. The molecular formula is C22H34N6O4Y-2. The van der Waals surface area contributed by atoms with Crippen LogP contribution in [0.5, 0.6) is 0 Å². The number of hydrogen-bond donors (Lipinski definition) is 1. The fourth-order valence-electron chi connectivity index (χ4n) is 3.45. The van der Waals surface area contributed by atoms with Gasteiger partial charge in [0.15, 0.2) is 0 Å². The molecule has 1 aromatic rings. The predicted molar refractivity (Wildman–Crippen MR) is 119 cm³/mol. The molecule has 3 atom stereocenters. The first-order valence-corrected chi connectivity index (χ1v) is 10.4. The molecule has 0 saturated carbocycles. The van der Waals surface area contributed by atoms with Gasteiger partial charge in [0.05, 0.1) is 13.2 Å². The molecule has 2 heterocycles. The third-order valence-electron chi connectivity index (χ3n) is 5.06. The summed E-state index contributed by atoms with van der Waals surface area (Å²) in [6.07, 6.45) is 3.71. The molecule has 0 unspecified atom stereocenters. The number of carbonyl (C=O) groups excluding carboxylic acids is 3. The number of allylic oxidation sites excluding steroid dienone is 1. The number of esters is 1. The molecule has 33 heavy (non-hydrogen) atoms. The molecule has 10 nitrogen and oxygen atoms in total. The monoisotopic (exact) mass is 535 g/mol. The summed E-state index contributed by atoms with van der Waals surface area (Å²) in [6, 6.07) is -1.94. The molecule has 0 spiro atoms. The number of methoxy groups -OCH3 is 1. The normalized spacial score (nSPS) is 18.2. The Morgan fingerprint density at radius 1 is 1.36 bits per heavy atom. The van der Waals surface area contributed by atoms with Crippen LogP contribution in [-0.4, -0.2) is 68.6 Å². The quantitative estimate of drug-likeness (QED) is 0.233. The Labute approximate surface area is 221 Å². The standard InChI is InChI=1S/C20H31N6O4.C2H3.Y/c1-7-8-9-10-16(27)21-17(20(3,4)5)18(28)25-12-14(11-15(25)19(29)30-6)26-23-13(2)22-24-26;1-2;/h7,14-15,17H,1-2,8-12H2,3-6H3,(H,21,27);1H,2H2;/q2*-1;/t14-,15+,17-;;/m1../s1. The summed E-state index contributed by atoms with van der Waals surface area (Å²) in [7, 11) is 1.28. The summed E-state index contributed by atoms with van der Waals surface area (Å²) in [6.45, 7) is 20.1. The van der Waals surface area contributed by atoms with Crippen molar-refractivity contribution in [3.05, 3.63) is 38.6 Å². The molecule has 1 fully saturated rings. The van der Waals surface area contributed by atoms with Crippen LogP contribution in [0.25, 0.3) is 0 Å². The van der Waals surface area contributed by atoms with Crippen LogP contribution < -0.4 is 5.32 Å². The van der Waals surface area contributed by atoms with Gasteiger partial charge in [-0.15, -0.1) is 11.7 Å². The number of carbonyl (C=O) groups is 3. The van der Waals surface area contributed by atoms with Gasteiger partial charge in [-0.05, 0) is 23.5 Å². The van der Waals surface area contributed by atoms with Crippen molar-refractivity contribution in [1.29, 1.82) is 0 Å². The number of tetrazole rings is 1. The Bertz CT molecular complexity index is 807. The number of unbranched alkanes of at least 4 members (excludes halogenated alkanes) is 1. The maximum atomic E-state index is 13.5. The molecule has 0 aliphatic carbocycles. The zero-order valence-corrected chi connectivity index (χ0v) is 22.8. The van der Waals surface area contributed by atoms with E-state index in [9.17, 15) is 14.4 Å². The summed E-state index contributed by atoms with van der Waals surface area (Å²) < 4.78 is 4.91. The van der Waals surface area contributed by atoms with Crippen molar-refractivity contribution in [3.8, 4) is 0 Å². The van der Waals surface area contributed by atoms with Gasteiger partial charge in [-0.3, -0.25) is 16.2 Å². The maximum Gasteiger partial charge on any atom is 0.328 e. The molecule has 2 rings (SSSR count). The van der Waals surface area contributed by atoms with Crippen LogP contribution in [-0.2, 0) is 51.8 Å². The summed E-state index contributed by atoms with van der Waals surface area (Å²) in [5, 5.41) is 14.7. The first-order chi connectivity index (χ1) is 15.1. The van der Waals surface area contributed by atoms with Gasteiger partial charge in [-0.25, -0.2) is 4.79 Å². The Hall–Kier alpha value is -2.07. The second-order valence-corrected chi connectivity index (χ2v) is 8.49. The third-order valence-corrected chi connectivity index (χ3v) is 5.06. The molecule has 1 N–H and O–H groups in total. The number of nitrogens with one attached hydrogen (secondary N) is 1. The zero-order chi connectivity index (χ0) is 24.5. The minimum Gasteiger partial charge on any atom is -0.521 e. The maximum absolute atomic E-state index is 13.5. The number of rotatable bonds is 8. The van der Waals surface area contributed by atoms with E-state index in [1.54, 1.807) is 6.08 Å². The summed E-state index contributed by atoms with van der Waals surface area (Å²) >= 11 is 0. The van der Waals surface area contributed by atoms with Crippen LogP contribution in [0.15, 0.2) is 19.2 Å². The Morgan fingerprint density at radius 3 is 2.48 bits per heavy atom. The largest absolute Gasteiger partial charge is 0.521 e. The van der Waals surface area contributed by atoms with Crippen molar-refractivity contribution in [2.75, 3.05) is 13.7 Å². The first kappa shape index (κ1) is 30.9. The minimum atomic E-state index is -0.799. The third kappa shape index (κ3) is 8.66. The van der Waals surface area contributed by atoms with Gasteiger partial charge in [-0.2, -0.15) is 9.90 Å². The van der Waals surface area contributed by atoms with Crippen LogP contribution >= 0.6 is 0 Å². The Morgan fingerprint density at radius 2 is 2.00 bits per heavy atom. The molecule has 0 aromatic carbocycles. The zero-order valence-electron chi connectivity index (χ0n) is 20.0. The number of amides is 2. The van der Waals surface area contributed by atoms with E-state index < -0.39 is 23.5 Å². The van der Waals surface area contributed by atoms with E-state index in [-0.39, 0.29) is 62.9 Å². The van der Waals surface area contributed by atoms with E-state index in [0.717, 1.165) is 6.42 Å². The van der Waals surface area contributed by atoms with Gasteiger partial charge in [-0.1, -0.05) is 26.8 Å². The SMILES string of the molecule is C=CCCCC(=O)N[C@H](C(=O)N1C[C@H](n2nnc([CH2-])n2)C[C@H]1C(=O)OC)C(C)(C)C.[CH-]=C.[Y]. The van der Waals surface area contributed by atoms with Crippen molar-refractivity contribution in [2.24, 2.45) is 5.41 Å². The minimum absolute atomic E-state index is 0. The molecule has 2 amide bonds. The molecule has 1 radical (unpaired) electrons. The summed E-state index contributed by atoms with van der Waals surface area (Å²) in [4.78, 5) is 41.1. The average Bonchev–Trinajstić information content (AvgIpc) is 3.38. The Kier molecular flexibility index (Phi) is 13.4. The fraction of sp³-hybridized carbons (Fsp3) is 0.591. The van der Waals surface area contributed by atoms with Gasteiger partial charge in [0.1, 0.15) is 12.1 Å². The molecular weight excluding hydrogens is 501 g/mol. The fourth-order valence-corrected chi connectivity index (χ4v) is 3.45. The molecule has 1 aliphatic rings. The van der Waals surface area contributed by atoms with Gasteiger partial charge in [0.25, 0.3) is 0 Å². The van der Waals surface area contributed by atoms with Crippen LogP contribution in [0, 0.1) is 18.9 Å². The Balaban J connectivity index is 0.00000332. The second-order valence-electron chi connectivity index (χ2n) is 8.49. The first-order valence-electron chi connectivity index (χ1n) is 10.4. The van der Waals surface area contributed by atoms with Crippen molar-refractivity contribution < 1.29 is 51.8 Å². The van der Waals surface area contributed by atoms with Crippen LogP contribution in [0.2, 0.25) is 0 Å². The van der Waals surface area contributed by atoms with E-state index in [2.05, 4.69) is 47.4 Å². The van der Waals surface area contributed by atoms with Crippen molar-refractivity contribution in [2.45, 2.75) is 64.6 Å². The van der Waals surface area contributed by atoms with Crippen molar-refractivity contribution in [1.82, 2.24) is 30.4 Å². The molecule has 1 aliphatic heterocycles. The summed E-state index contributed by atoms with van der Waals surface area (Å²) in [5.41, 5.74) is -0.560. The molecule has 181 valence electrons. The molecule has 11 heteroatoms. The van der Waals surface area contributed by atoms with E-state index >= 15 is 0 Å². The number of aromatic nitrogens is 4. The topological polar surface area (TPSA) is 119 Å². The smallest absolute Gasteiger partial charge is 0.328 e. The van der Waals surface area contributed by atoms with Gasteiger partial charge < -0.3 is 28.5 Å². The number of ether oxygens (including phenoxy) is 1. The number of likely N-dealkylation sites (tertiary alicyclic amines) is 1. The predicted octanol–water partition coefficient (Wildman–Crippen LogP) is 1.66. The molecule has 1 aromatic heterocycles. The van der Waals surface area contributed by atoms with Gasteiger partial charge >= 0.3 is 5.97 Å². The summed E-state index contributed by atoms with van der Waals surface area (Å²) in [5.74, 6) is -0.818. The molecule has 0 bridgehead atoms. The van der Waals surface area contributed by atoms with Crippen LogP contribution in [0.4, 0.5) is 0 Å². The van der Waals surface area contributed by atoms with E-state index in [1.807, 2.05) is 20.8 Å². The average molecular weight is 535 g/mol. The van der Waals surface area contributed by atoms with E-state index in [0.29, 0.717) is 19.3 Å².